The van der Waals surface area contributed by atoms with Crippen molar-refractivity contribution in [2.75, 3.05) is 20.1 Å². The molecule has 0 radical (unpaired) electrons. The Morgan fingerprint density at radius 1 is 0.865 bits per heavy atom. The highest BCUT2D eigenvalue weighted by atomic mass is 16.2. The number of piperidine rings is 1. The van der Waals surface area contributed by atoms with E-state index in [9.17, 15) is 19.2 Å². The van der Waals surface area contributed by atoms with Crippen molar-refractivity contribution >= 4 is 23.5 Å². The van der Waals surface area contributed by atoms with Gasteiger partial charge in [0.25, 0.3) is 0 Å². The van der Waals surface area contributed by atoms with Crippen molar-refractivity contribution in [3.63, 3.8) is 0 Å². The molecule has 5 rings (SSSR count). The first kappa shape index (κ1) is 24.6. The Morgan fingerprint density at radius 2 is 1.49 bits per heavy atom. The van der Waals surface area contributed by atoms with Crippen molar-refractivity contribution in [1.82, 2.24) is 9.80 Å². The summed E-state index contributed by atoms with van der Waals surface area (Å²) in [5.74, 6) is -1.08. The molecule has 0 aromatic heterocycles. The zero-order valence-electron chi connectivity index (χ0n) is 20.9. The van der Waals surface area contributed by atoms with Gasteiger partial charge in [-0.15, -0.1) is 0 Å². The summed E-state index contributed by atoms with van der Waals surface area (Å²) in [5.41, 5.74) is 2.11. The van der Waals surface area contributed by atoms with Crippen LogP contribution >= 0.6 is 0 Å². The average molecular weight is 495 g/mol. The third-order valence-electron chi connectivity index (χ3n) is 7.74. The van der Waals surface area contributed by atoms with Gasteiger partial charge in [0.05, 0.1) is 5.41 Å². The first-order valence-electron chi connectivity index (χ1n) is 12.7. The summed E-state index contributed by atoms with van der Waals surface area (Å²) < 4.78 is 0. The summed E-state index contributed by atoms with van der Waals surface area (Å²) in [7, 11) is 1.48. The van der Waals surface area contributed by atoms with Crippen LogP contribution in [0.5, 0.6) is 0 Å². The fourth-order valence-corrected chi connectivity index (χ4v) is 5.59. The molecule has 0 aliphatic carbocycles. The van der Waals surface area contributed by atoms with Crippen LogP contribution in [-0.2, 0) is 19.8 Å². The van der Waals surface area contributed by atoms with E-state index >= 15 is 0 Å². The summed E-state index contributed by atoms with van der Waals surface area (Å²) in [6.07, 6.45) is 1.31. The maximum absolute atomic E-state index is 13.6. The lowest BCUT2D eigenvalue weighted by atomic mass is 9.75. The minimum atomic E-state index is -1.24. The molecule has 3 amide bonds. The van der Waals surface area contributed by atoms with Gasteiger partial charge in [0, 0.05) is 44.5 Å². The lowest BCUT2D eigenvalue weighted by molar-refractivity contribution is -0.142. The second-order valence-electron chi connectivity index (χ2n) is 10.0. The normalized spacial score (nSPS) is 21.8. The van der Waals surface area contributed by atoms with Gasteiger partial charge in [-0.1, -0.05) is 84.9 Å². The molecule has 3 aromatic rings. The Kier molecular flexibility index (Phi) is 6.74. The minimum Gasteiger partial charge on any atom is -0.342 e. The molecule has 3 aromatic carbocycles. The molecule has 6 nitrogen and oxygen atoms in total. The molecule has 6 heteroatoms. The van der Waals surface area contributed by atoms with Crippen LogP contribution in [-0.4, -0.2) is 53.4 Å². The molecule has 2 aliphatic heterocycles. The molecule has 0 saturated carbocycles. The maximum atomic E-state index is 13.6. The fraction of sp³-hybridized carbons (Fsp3) is 0.290. The second-order valence-corrected chi connectivity index (χ2v) is 10.0. The number of carbonyl (C=O) groups is 4. The number of ketones is 1. The quantitative estimate of drug-likeness (QED) is 0.374. The van der Waals surface area contributed by atoms with E-state index < -0.39 is 5.41 Å². The molecular formula is C31H30N2O4. The van der Waals surface area contributed by atoms with Gasteiger partial charge in [0.2, 0.25) is 17.7 Å². The lowest BCUT2D eigenvalue weighted by Crippen LogP contribution is -2.46. The number of Topliss-reactive ketones (excluding diaryl/α,β-unsaturated/α-hetero) is 1. The summed E-state index contributed by atoms with van der Waals surface area (Å²) in [6.45, 7) is 0.867. The van der Waals surface area contributed by atoms with E-state index in [0.717, 1.165) is 28.9 Å². The van der Waals surface area contributed by atoms with E-state index in [-0.39, 0.29) is 42.3 Å². The number of nitrogens with zero attached hydrogens (tertiary/aromatic N) is 2. The molecular weight excluding hydrogens is 464 g/mol. The standard InChI is InChI=1S/C31H30N2O4/c1-32-27(34)19-31(30(32)37,26-16-14-23(15-17-26)22-9-4-2-5-10-22)20-28(35)33-18-8-13-25(21-33)29(36)24-11-6-3-7-12-24/h2-7,9-12,14-17,25H,8,13,18-21H2,1H3/t25-,31-/m0/s1. The van der Waals surface area contributed by atoms with E-state index in [4.69, 9.17) is 0 Å². The highest BCUT2D eigenvalue weighted by Crippen LogP contribution is 2.41. The third kappa shape index (κ3) is 4.71. The van der Waals surface area contributed by atoms with Crippen LogP contribution in [0.2, 0.25) is 0 Å². The molecule has 2 atom stereocenters. The number of hydrogen-bond acceptors (Lipinski definition) is 4. The van der Waals surface area contributed by atoms with Crippen LogP contribution in [0, 0.1) is 5.92 Å². The van der Waals surface area contributed by atoms with Crippen molar-refractivity contribution in [3.05, 3.63) is 96.1 Å². The van der Waals surface area contributed by atoms with Gasteiger partial charge in [-0.3, -0.25) is 24.1 Å². The summed E-state index contributed by atoms with van der Waals surface area (Å²) in [6, 6.07) is 26.6. The highest BCUT2D eigenvalue weighted by Gasteiger charge is 2.53. The molecule has 0 unspecified atom stereocenters. The lowest BCUT2D eigenvalue weighted by Gasteiger charge is -2.35. The largest absolute Gasteiger partial charge is 0.342 e. The average Bonchev–Trinajstić information content (AvgIpc) is 3.17. The number of likely N-dealkylation sites (N-methyl/N-ethyl adjacent to an activating group) is 1. The van der Waals surface area contributed by atoms with Crippen molar-refractivity contribution in [2.24, 2.45) is 5.92 Å². The number of hydrogen-bond donors (Lipinski definition) is 0. The molecule has 0 N–H and O–H groups in total. The number of amides is 3. The maximum Gasteiger partial charge on any atom is 0.240 e. The Bertz CT molecular complexity index is 1320. The third-order valence-corrected chi connectivity index (χ3v) is 7.74. The van der Waals surface area contributed by atoms with Crippen molar-refractivity contribution < 1.29 is 19.2 Å². The van der Waals surface area contributed by atoms with Gasteiger partial charge in [-0.2, -0.15) is 0 Å². The monoisotopic (exact) mass is 494 g/mol. The molecule has 0 spiro atoms. The van der Waals surface area contributed by atoms with E-state index in [1.807, 2.05) is 72.8 Å². The van der Waals surface area contributed by atoms with Crippen LogP contribution in [0.3, 0.4) is 0 Å². The van der Waals surface area contributed by atoms with E-state index in [1.165, 1.54) is 7.05 Å². The number of imide groups is 1. The molecule has 2 aliphatic rings. The molecule has 2 fully saturated rings. The highest BCUT2D eigenvalue weighted by molar-refractivity contribution is 6.10. The Labute approximate surface area is 216 Å². The number of benzene rings is 3. The zero-order valence-corrected chi connectivity index (χ0v) is 20.9. The number of likely N-dealkylation sites (tertiary alicyclic amines) is 2. The van der Waals surface area contributed by atoms with Gasteiger partial charge < -0.3 is 4.90 Å². The van der Waals surface area contributed by atoms with Gasteiger partial charge in [0.1, 0.15) is 0 Å². The van der Waals surface area contributed by atoms with Gasteiger partial charge in [-0.05, 0) is 29.5 Å². The molecule has 2 heterocycles. The van der Waals surface area contributed by atoms with Gasteiger partial charge in [-0.25, -0.2) is 0 Å². The minimum absolute atomic E-state index is 0.0381. The van der Waals surface area contributed by atoms with Crippen LogP contribution in [0.15, 0.2) is 84.9 Å². The Balaban J connectivity index is 1.39. The first-order chi connectivity index (χ1) is 17.9. The Morgan fingerprint density at radius 3 is 2.11 bits per heavy atom. The molecule has 37 heavy (non-hydrogen) atoms. The van der Waals surface area contributed by atoms with E-state index in [1.54, 1.807) is 17.0 Å². The summed E-state index contributed by atoms with van der Waals surface area (Å²) in [5, 5.41) is 0. The first-order valence-corrected chi connectivity index (χ1v) is 12.7. The van der Waals surface area contributed by atoms with Crippen LogP contribution < -0.4 is 0 Å². The number of carbonyl (C=O) groups excluding carboxylic acids is 4. The SMILES string of the molecule is CN1C(=O)C[C@](CC(=O)N2CCC[C@H](C(=O)c3ccccc3)C2)(c2ccc(-c3ccccc3)cc2)C1=O. The molecule has 0 bridgehead atoms. The van der Waals surface area contributed by atoms with Gasteiger partial charge in [0.15, 0.2) is 5.78 Å². The predicted molar refractivity (Wildman–Crippen MR) is 141 cm³/mol. The molecule has 188 valence electrons. The van der Waals surface area contributed by atoms with Crippen molar-refractivity contribution in [1.29, 1.82) is 0 Å². The predicted octanol–water partition coefficient (Wildman–Crippen LogP) is 4.49. The van der Waals surface area contributed by atoms with Crippen LogP contribution in [0.1, 0.15) is 41.6 Å². The second kappa shape index (κ2) is 10.1. The van der Waals surface area contributed by atoms with E-state index in [2.05, 4.69) is 0 Å². The van der Waals surface area contributed by atoms with Gasteiger partial charge >= 0.3 is 0 Å². The summed E-state index contributed by atoms with van der Waals surface area (Å²) >= 11 is 0. The van der Waals surface area contributed by atoms with Crippen molar-refractivity contribution in [2.45, 2.75) is 31.1 Å². The van der Waals surface area contributed by atoms with Crippen LogP contribution in [0.4, 0.5) is 0 Å². The Hall–Kier alpha value is -4.06. The smallest absolute Gasteiger partial charge is 0.240 e. The summed E-state index contributed by atoms with van der Waals surface area (Å²) in [4.78, 5) is 55.6. The zero-order chi connectivity index (χ0) is 26.0. The fourth-order valence-electron chi connectivity index (χ4n) is 5.59. The topological polar surface area (TPSA) is 74.8 Å². The number of rotatable bonds is 6. The molecule has 2 saturated heterocycles. The van der Waals surface area contributed by atoms with Crippen LogP contribution in [0.25, 0.3) is 11.1 Å². The van der Waals surface area contributed by atoms with E-state index in [0.29, 0.717) is 24.2 Å². The van der Waals surface area contributed by atoms with Crippen molar-refractivity contribution in [3.8, 4) is 11.1 Å².